The van der Waals surface area contributed by atoms with Crippen molar-refractivity contribution in [2.75, 3.05) is 12.4 Å². The number of anilines is 1. The highest BCUT2D eigenvalue weighted by atomic mass is 16.6. The number of rotatable bonds is 8. The number of carbonyl (C=O) groups excluding carboxylic acids is 1. The van der Waals surface area contributed by atoms with Crippen molar-refractivity contribution in [3.05, 3.63) is 83.9 Å². The van der Waals surface area contributed by atoms with Gasteiger partial charge in [0.1, 0.15) is 30.4 Å². The van der Waals surface area contributed by atoms with Crippen LogP contribution in [0.5, 0.6) is 5.75 Å². The lowest BCUT2D eigenvalue weighted by molar-refractivity contribution is -0.0489. The number of carbonyl (C=O) groups is 1. The Kier molecular flexibility index (Phi) is 6.90. The Morgan fingerprint density at radius 1 is 1.14 bits per heavy atom. The van der Waals surface area contributed by atoms with Gasteiger partial charge in [0.25, 0.3) is 5.91 Å². The van der Waals surface area contributed by atoms with E-state index in [1.165, 1.54) is 6.33 Å². The fourth-order valence-corrected chi connectivity index (χ4v) is 4.30. The third-order valence-electron chi connectivity index (χ3n) is 6.23. The van der Waals surface area contributed by atoms with E-state index in [1.807, 2.05) is 37.3 Å². The summed E-state index contributed by atoms with van der Waals surface area (Å²) >= 11 is 0. The summed E-state index contributed by atoms with van der Waals surface area (Å²) in [5.41, 5.74) is 2.40. The van der Waals surface area contributed by atoms with E-state index in [0.717, 1.165) is 11.3 Å². The maximum atomic E-state index is 12.7. The first-order valence-electron chi connectivity index (χ1n) is 11.7. The number of aliphatic hydroxyl groups is 1. The lowest BCUT2D eigenvalue weighted by atomic mass is 10.0. The van der Waals surface area contributed by atoms with Gasteiger partial charge < -0.3 is 24.6 Å². The van der Waals surface area contributed by atoms with Crippen LogP contribution in [0.15, 0.2) is 67.1 Å². The van der Waals surface area contributed by atoms with Crippen molar-refractivity contribution in [3.8, 4) is 5.75 Å². The standard InChI is InChI=1S/C26H27N5O5/c1-3-20-21(32)23(35-14-16-9-11-18(34-2)12-10-16)22(36-20)19-13-27-25-24(28-15-29-31(19)25)30-26(33)17-7-5-4-6-8-17/h4-13,15,20-23,32H,3,14H2,1-2H3,(H,28,29,30,33)/t20-,21-,22+,23-/m1/s1. The van der Waals surface area contributed by atoms with Crippen LogP contribution in [0.3, 0.4) is 0 Å². The van der Waals surface area contributed by atoms with Gasteiger partial charge in [-0.25, -0.2) is 14.5 Å². The normalized spacial score (nSPS) is 21.5. The Morgan fingerprint density at radius 2 is 1.92 bits per heavy atom. The third-order valence-corrected chi connectivity index (χ3v) is 6.23. The van der Waals surface area contributed by atoms with E-state index in [9.17, 15) is 9.90 Å². The molecule has 0 spiro atoms. The largest absolute Gasteiger partial charge is 0.497 e. The van der Waals surface area contributed by atoms with E-state index >= 15 is 0 Å². The number of methoxy groups -OCH3 is 1. The zero-order valence-corrected chi connectivity index (χ0v) is 19.9. The number of nitrogens with one attached hydrogen (secondary N) is 1. The first-order chi connectivity index (χ1) is 17.6. The molecule has 0 unspecified atom stereocenters. The number of fused-ring (bicyclic) bond motifs is 1. The SMILES string of the molecule is CC[C@H]1O[C@@H](c2cnc3c(NC(=O)c4ccccc4)ncnn23)[C@H](OCc2ccc(OC)cc2)[C@@H]1O. The van der Waals surface area contributed by atoms with Crippen molar-refractivity contribution in [1.29, 1.82) is 0 Å². The van der Waals surface area contributed by atoms with Gasteiger partial charge in [0.15, 0.2) is 11.5 Å². The highest BCUT2D eigenvalue weighted by Gasteiger charge is 2.46. The average molecular weight is 490 g/mol. The number of aliphatic hydroxyl groups excluding tert-OH is 1. The van der Waals surface area contributed by atoms with Crippen molar-refractivity contribution < 1.29 is 24.1 Å². The number of amides is 1. The lowest BCUT2D eigenvalue weighted by Crippen LogP contribution is -2.33. The first-order valence-corrected chi connectivity index (χ1v) is 11.7. The Bertz CT molecular complexity index is 1330. The molecular weight excluding hydrogens is 462 g/mol. The second-order valence-corrected chi connectivity index (χ2v) is 8.46. The fourth-order valence-electron chi connectivity index (χ4n) is 4.30. The molecule has 36 heavy (non-hydrogen) atoms. The zero-order valence-electron chi connectivity index (χ0n) is 19.9. The van der Waals surface area contributed by atoms with E-state index in [2.05, 4.69) is 20.4 Å². The van der Waals surface area contributed by atoms with Crippen LogP contribution in [0, 0.1) is 0 Å². The van der Waals surface area contributed by atoms with Crippen LogP contribution in [0.2, 0.25) is 0 Å². The van der Waals surface area contributed by atoms with Gasteiger partial charge in [0, 0.05) is 5.56 Å². The molecule has 2 N–H and O–H groups in total. The second-order valence-electron chi connectivity index (χ2n) is 8.46. The van der Waals surface area contributed by atoms with E-state index < -0.39 is 24.4 Å². The molecule has 3 heterocycles. The number of imidazole rings is 1. The summed E-state index contributed by atoms with van der Waals surface area (Å²) in [5.74, 6) is 0.721. The Morgan fingerprint density at radius 3 is 2.64 bits per heavy atom. The van der Waals surface area contributed by atoms with Gasteiger partial charge in [-0.3, -0.25) is 4.79 Å². The van der Waals surface area contributed by atoms with Crippen molar-refractivity contribution in [1.82, 2.24) is 19.6 Å². The van der Waals surface area contributed by atoms with Gasteiger partial charge >= 0.3 is 0 Å². The fraction of sp³-hybridized carbons (Fsp3) is 0.308. The molecule has 1 amide bonds. The predicted molar refractivity (Wildman–Crippen MR) is 131 cm³/mol. The molecule has 1 saturated heterocycles. The molecule has 1 aliphatic rings. The van der Waals surface area contributed by atoms with Gasteiger partial charge in [0.2, 0.25) is 0 Å². The van der Waals surface area contributed by atoms with Crippen LogP contribution in [-0.4, -0.2) is 56.0 Å². The van der Waals surface area contributed by atoms with Crippen LogP contribution in [0.4, 0.5) is 5.82 Å². The molecular formula is C26H27N5O5. The van der Waals surface area contributed by atoms with E-state index in [-0.39, 0.29) is 18.3 Å². The summed E-state index contributed by atoms with van der Waals surface area (Å²) < 4.78 is 19.1. The molecule has 10 heteroatoms. The maximum absolute atomic E-state index is 12.7. The quantitative estimate of drug-likeness (QED) is 0.387. The molecule has 1 aliphatic heterocycles. The predicted octanol–water partition coefficient (Wildman–Crippen LogP) is 3.18. The second kappa shape index (κ2) is 10.4. The highest BCUT2D eigenvalue weighted by Crippen LogP contribution is 2.37. The van der Waals surface area contributed by atoms with Crippen molar-refractivity contribution in [3.63, 3.8) is 0 Å². The van der Waals surface area contributed by atoms with Gasteiger partial charge in [0.05, 0.1) is 31.7 Å². The molecule has 10 nitrogen and oxygen atoms in total. The number of benzene rings is 2. The number of aromatic nitrogens is 4. The van der Waals surface area contributed by atoms with Crippen LogP contribution in [0.1, 0.15) is 41.1 Å². The summed E-state index contributed by atoms with van der Waals surface area (Å²) in [5, 5.41) is 18.1. The molecule has 5 rings (SSSR count). The molecule has 4 atom stereocenters. The molecule has 0 saturated carbocycles. The first kappa shape index (κ1) is 23.9. The van der Waals surface area contributed by atoms with Crippen molar-refractivity contribution >= 4 is 17.4 Å². The van der Waals surface area contributed by atoms with E-state index in [4.69, 9.17) is 14.2 Å². The minimum atomic E-state index is -0.831. The molecule has 0 aliphatic carbocycles. The number of ether oxygens (including phenoxy) is 3. The topological polar surface area (TPSA) is 120 Å². The van der Waals surface area contributed by atoms with Crippen LogP contribution >= 0.6 is 0 Å². The van der Waals surface area contributed by atoms with Gasteiger partial charge in [-0.2, -0.15) is 5.10 Å². The maximum Gasteiger partial charge on any atom is 0.256 e. The molecule has 0 radical (unpaired) electrons. The van der Waals surface area contributed by atoms with Gasteiger partial charge in [-0.15, -0.1) is 0 Å². The molecule has 2 aromatic carbocycles. The van der Waals surface area contributed by atoms with Crippen LogP contribution in [0.25, 0.3) is 5.65 Å². The molecule has 0 bridgehead atoms. The summed E-state index contributed by atoms with van der Waals surface area (Å²) in [7, 11) is 1.62. The highest BCUT2D eigenvalue weighted by molar-refractivity contribution is 6.05. The molecule has 186 valence electrons. The Balaban J connectivity index is 1.40. The third kappa shape index (κ3) is 4.66. The van der Waals surface area contributed by atoms with Crippen molar-refractivity contribution in [2.24, 2.45) is 0 Å². The van der Waals surface area contributed by atoms with Crippen LogP contribution < -0.4 is 10.1 Å². The molecule has 2 aromatic heterocycles. The number of nitrogens with zero attached hydrogens (tertiary/aromatic N) is 4. The van der Waals surface area contributed by atoms with Gasteiger partial charge in [-0.1, -0.05) is 37.3 Å². The summed E-state index contributed by atoms with van der Waals surface area (Å²) in [6.45, 7) is 2.23. The monoisotopic (exact) mass is 489 g/mol. The van der Waals surface area contributed by atoms with E-state index in [0.29, 0.717) is 23.3 Å². The van der Waals surface area contributed by atoms with Crippen molar-refractivity contribution in [2.45, 2.75) is 44.4 Å². The smallest absolute Gasteiger partial charge is 0.256 e. The Hall–Kier alpha value is -3.86. The zero-order chi connectivity index (χ0) is 25.1. The summed E-state index contributed by atoms with van der Waals surface area (Å²) in [4.78, 5) is 21.3. The summed E-state index contributed by atoms with van der Waals surface area (Å²) in [6.07, 6.45) is 1.07. The number of hydrogen-bond donors (Lipinski definition) is 2. The minimum Gasteiger partial charge on any atom is -0.497 e. The average Bonchev–Trinajstić information content (AvgIpc) is 3.49. The molecule has 4 aromatic rings. The van der Waals surface area contributed by atoms with Crippen LogP contribution in [-0.2, 0) is 16.1 Å². The lowest BCUT2D eigenvalue weighted by Gasteiger charge is -2.21. The minimum absolute atomic E-state index is 0.270. The number of hydrogen-bond acceptors (Lipinski definition) is 8. The molecule has 1 fully saturated rings. The summed E-state index contributed by atoms with van der Waals surface area (Å²) in [6, 6.07) is 16.4. The van der Waals surface area contributed by atoms with E-state index in [1.54, 1.807) is 42.1 Å². The Labute approximate surface area is 207 Å². The van der Waals surface area contributed by atoms with Gasteiger partial charge in [-0.05, 0) is 36.2 Å².